The molecule has 0 aromatic heterocycles. The molecule has 0 bridgehead atoms. The van der Waals surface area contributed by atoms with Gasteiger partial charge in [-0.3, -0.25) is 9.69 Å². The molecule has 4 nitrogen and oxygen atoms in total. The molecule has 1 unspecified atom stereocenters. The van der Waals surface area contributed by atoms with Gasteiger partial charge in [0.2, 0.25) is 5.91 Å². The van der Waals surface area contributed by atoms with E-state index in [4.69, 9.17) is 27.9 Å². The van der Waals surface area contributed by atoms with Crippen molar-refractivity contribution in [1.82, 2.24) is 0 Å². The van der Waals surface area contributed by atoms with Crippen molar-refractivity contribution in [2.75, 3.05) is 11.5 Å². The van der Waals surface area contributed by atoms with Crippen LogP contribution in [0.25, 0.3) is 0 Å². The molecule has 0 N–H and O–H groups in total. The van der Waals surface area contributed by atoms with Gasteiger partial charge < -0.3 is 4.74 Å². The number of benzene rings is 2. The molecule has 2 aliphatic heterocycles. The Labute approximate surface area is 154 Å². The second kappa shape index (κ2) is 6.21. The standard InChI is InChI=1S/C19H13Cl2NO3/c20-12-4-6-14(7-5-12)22-16-10-25-19(24)18(16)15(9-17(22)23)11-2-1-3-13(21)8-11/h1-8,15H,9-10H2. The van der Waals surface area contributed by atoms with E-state index in [-0.39, 0.29) is 30.8 Å². The zero-order valence-corrected chi connectivity index (χ0v) is 14.6. The third-order valence-corrected chi connectivity index (χ3v) is 4.94. The fourth-order valence-electron chi connectivity index (χ4n) is 3.35. The second-order valence-electron chi connectivity index (χ2n) is 5.95. The summed E-state index contributed by atoms with van der Waals surface area (Å²) in [5.41, 5.74) is 2.62. The maximum Gasteiger partial charge on any atom is 0.336 e. The van der Waals surface area contributed by atoms with Gasteiger partial charge in [0.1, 0.15) is 6.61 Å². The molecule has 2 aromatic carbocycles. The normalized spacial score (nSPS) is 19.9. The van der Waals surface area contributed by atoms with Gasteiger partial charge in [-0.05, 0) is 42.0 Å². The van der Waals surface area contributed by atoms with Crippen molar-refractivity contribution in [1.29, 1.82) is 0 Å². The van der Waals surface area contributed by atoms with Crippen LogP contribution in [0.4, 0.5) is 5.69 Å². The first kappa shape index (κ1) is 16.2. The number of cyclic esters (lactones) is 1. The third-order valence-electron chi connectivity index (χ3n) is 4.45. The zero-order chi connectivity index (χ0) is 17.6. The quantitative estimate of drug-likeness (QED) is 0.736. The Balaban J connectivity index is 1.83. The van der Waals surface area contributed by atoms with Gasteiger partial charge in [-0.1, -0.05) is 35.3 Å². The Bertz CT molecular complexity index is 905. The molecular formula is C19H13Cl2NO3. The molecule has 1 atom stereocenters. The van der Waals surface area contributed by atoms with Crippen LogP contribution in [0.3, 0.4) is 0 Å². The summed E-state index contributed by atoms with van der Waals surface area (Å²) in [7, 11) is 0. The lowest BCUT2D eigenvalue weighted by Crippen LogP contribution is -2.37. The Hall–Kier alpha value is -2.30. The van der Waals surface area contributed by atoms with E-state index >= 15 is 0 Å². The highest BCUT2D eigenvalue weighted by atomic mass is 35.5. The van der Waals surface area contributed by atoms with Crippen LogP contribution in [0.1, 0.15) is 17.9 Å². The third kappa shape index (κ3) is 2.81. The molecule has 0 spiro atoms. The number of esters is 1. The zero-order valence-electron chi connectivity index (χ0n) is 13.0. The van der Waals surface area contributed by atoms with Crippen molar-refractivity contribution in [2.24, 2.45) is 0 Å². The van der Waals surface area contributed by atoms with Crippen LogP contribution in [0, 0.1) is 0 Å². The van der Waals surface area contributed by atoms with Crippen LogP contribution in [0.5, 0.6) is 0 Å². The van der Waals surface area contributed by atoms with Gasteiger partial charge in [0, 0.05) is 28.1 Å². The van der Waals surface area contributed by atoms with Crippen LogP contribution in [-0.4, -0.2) is 18.5 Å². The molecular weight excluding hydrogens is 361 g/mol. The number of hydrogen-bond donors (Lipinski definition) is 0. The van der Waals surface area contributed by atoms with Gasteiger partial charge in [0.25, 0.3) is 0 Å². The first-order valence-electron chi connectivity index (χ1n) is 7.79. The van der Waals surface area contributed by atoms with E-state index in [9.17, 15) is 9.59 Å². The predicted octanol–water partition coefficient (Wildman–Crippen LogP) is 4.32. The number of nitrogens with zero attached hydrogens (tertiary/aromatic N) is 1. The Kier molecular flexibility index (Phi) is 4.02. The molecule has 0 fully saturated rings. The average Bonchev–Trinajstić information content (AvgIpc) is 2.97. The highest BCUT2D eigenvalue weighted by Crippen LogP contribution is 2.42. The van der Waals surface area contributed by atoms with Gasteiger partial charge in [0.15, 0.2) is 0 Å². The van der Waals surface area contributed by atoms with Crippen LogP contribution in [0.2, 0.25) is 10.0 Å². The summed E-state index contributed by atoms with van der Waals surface area (Å²) in [6.07, 6.45) is 0.177. The number of carbonyl (C=O) groups is 2. The van der Waals surface area contributed by atoms with E-state index in [0.717, 1.165) is 5.56 Å². The van der Waals surface area contributed by atoms with Crippen LogP contribution >= 0.6 is 23.2 Å². The van der Waals surface area contributed by atoms with Crippen LogP contribution in [0.15, 0.2) is 59.8 Å². The van der Waals surface area contributed by atoms with Crippen LogP contribution < -0.4 is 4.90 Å². The monoisotopic (exact) mass is 373 g/mol. The first-order valence-corrected chi connectivity index (χ1v) is 8.54. The van der Waals surface area contributed by atoms with Crippen molar-refractivity contribution < 1.29 is 14.3 Å². The SMILES string of the molecule is O=C1OCC2=C1C(c1cccc(Cl)c1)CC(=O)N2c1ccc(Cl)cc1. The smallest absolute Gasteiger partial charge is 0.336 e. The lowest BCUT2D eigenvalue weighted by molar-refractivity contribution is -0.136. The maximum absolute atomic E-state index is 12.9. The highest BCUT2D eigenvalue weighted by Gasteiger charge is 2.42. The molecule has 126 valence electrons. The Morgan fingerprint density at radius 3 is 2.48 bits per heavy atom. The average molecular weight is 374 g/mol. The van der Waals surface area contributed by atoms with Gasteiger partial charge in [-0.25, -0.2) is 4.79 Å². The molecule has 2 aliphatic rings. The number of anilines is 1. The Morgan fingerprint density at radius 1 is 1.00 bits per heavy atom. The molecule has 0 radical (unpaired) electrons. The minimum absolute atomic E-state index is 0.0829. The molecule has 25 heavy (non-hydrogen) atoms. The molecule has 1 amide bonds. The molecule has 4 rings (SSSR count). The maximum atomic E-state index is 12.9. The number of hydrogen-bond acceptors (Lipinski definition) is 3. The molecule has 2 aromatic rings. The fraction of sp³-hybridized carbons (Fsp3) is 0.158. The van der Waals surface area contributed by atoms with E-state index in [2.05, 4.69) is 0 Å². The van der Waals surface area contributed by atoms with Gasteiger partial charge in [0.05, 0.1) is 11.3 Å². The minimum atomic E-state index is -0.383. The topological polar surface area (TPSA) is 46.6 Å². The largest absolute Gasteiger partial charge is 0.456 e. The number of ether oxygens (including phenoxy) is 1. The fourth-order valence-corrected chi connectivity index (χ4v) is 3.68. The predicted molar refractivity (Wildman–Crippen MR) is 95.7 cm³/mol. The van der Waals surface area contributed by atoms with Crippen molar-refractivity contribution in [2.45, 2.75) is 12.3 Å². The summed E-state index contributed by atoms with van der Waals surface area (Å²) in [6, 6.07) is 14.2. The van der Waals surface area contributed by atoms with E-state index in [1.54, 1.807) is 41.3 Å². The Morgan fingerprint density at radius 2 is 1.76 bits per heavy atom. The number of rotatable bonds is 2. The van der Waals surface area contributed by atoms with E-state index in [0.29, 0.717) is 27.0 Å². The van der Waals surface area contributed by atoms with Crippen LogP contribution in [-0.2, 0) is 14.3 Å². The summed E-state index contributed by atoms with van der Waals surface area (Å²) in [4.78, 5) is 26.8. The molecule has 6 heteroatoms. The summed E-state index contributed by atoms with van der Waals surface area (Å²) in [6.45, 7) is 0.0829. The van der Waals surface area contributed by atoms with Crippen molar-refractivity contribution in [3.05, 3.63) is 75.4 Å². The van der Waals surface area contributed by atoms with Crippen molar-refractivity contribution >= 4 is 40.8 Å². The van der Waals surface area contributed by atoms with E-state index in [1.165, 1.54) is 0 Å². The number of halogens is 2. The van der Waals surface area contributed by atoms with Crippen molar-refractivity contribution in [3.63, 3.8) is 0 Å². The number of carbonyl (C=O) groups excluding carboxylic acids is 2. The van der Waals surface area contributed by atoms with Gasteiger partial charge >= 0.3 is 5.97 Å². The summed E-state index contributed by atoms with van der Waals surface area (Å²) >= 11 is 12.0. The molecule has 0 saturated heterocycles. The number of amides is 1. The molecule has 2 heterocycles. The minimum Gasteiger partial charge on any atom is -0.456 e. The summed E-state index contributed by atoms with van der Waals surface area (Å²) in [5.74, 6) is -0.824. The summed E-state index contributed by atoms with van der Waals surface area (Å²) in [5, 5.41) is 1.15. The van der Waals surface area contributed by atoms with Gasteiger partial charge in [-0.2, -0.15) is 0 Å². The van der Waals surface area contributed by atoms with Crippen molar-refractivity contribution in [3.8, 4) is 0 Å². The summed E-state index contributed by atoms with van der Waals surface area (Å²) < 4.78 is 5.24. The lowest BCUT2D eigenvalue weighted by Gasteiger charge is -2.32. The van der Waals surface area contributed by atoms with Gasteiger partial charge in [-0.15, -0.1) is 0 Å². The van der Waals surface area contributed by atoms with E-state index < -0.39 is 0 Å². The molecule has 0 saturated carbocycles. The van der Waals surface area contributed by atoms with E-state index in [1.807, 2.05) is 12.1 Å². The first-order chi connectivity index (χ1) is 12.0. The highest BCUT2D eigenvalue weighted by molar-refractivity contribution is 6.31. The molecule has 0 aliphatic carbocycles. The second-order valence-corrected chi connectivity index (χ2v) is 6.83. The lowest BCUT2D eigenvalue weighted by atomic mass is 9.84.